The topological polar surface area (TPSA) is 52.9 Å². The summed E-state index contributed by atoms with van der Waals surface area (Å²) in [5, 5.41) is 21.3. The number of hydrogen-bond acceptors (Lipinski definition) is 4. The van der Waals surface area contributed by atoms with Crippen LogP contribution in [0.2, 0.25) is 0 Å². The Morgan fingerprint density at radius 1 is 1.14 bits per heavy atom. The first kappa shape index (κ1) is 15.3. The number of ether oxygens (including phenoxy) is 1. The van der Waals surface area contributed by atoms with Gasteiger partial charge in [-0.15, -0.1) is 0 Å². The van der Waals surface area contributed by atoms with Crippen molar-refractivity contribution in [3.8, 4) is 5.75 Å². The van der Waals surface area contributed by atoms with Crippen molar-refractivity contribution in [1.82, 2.24) is 4.90 Å². The van der Waals surface area contributed by atoms with Gasteiger partial charge in [0, 0.05) is 24.5 Å². The summed E-state index contributed by atoms with van der Waals surface area (Å²) in [5.41, 5.74) is 0. The molecule has 0 aliphatic carbocycles. The summed E-state index contributed by atoms with van der Waals surface area (Å²) in [7, 11) is 0. The first-order valence-corrected chi connectivity index (χ1v) is 7.91. The van der Waals surface area contributed by atoms with Gasteiger partial charge in [0.1, 0.15) is 5.75 Å². The highest BCUT2D eigenvalue weighted by Crippen LogP contribution is 2.25. The number of fused-ring (bicyclic) bond motifs is 1. The molecule has 2 atom stereocenters. The molecule has 1 fully saturated rings. The van der Waals surface area contributed by atoms with Crippen LogP contribution in [-0.2, 0) is 0 Å². The molecule has 2 N–H and O–H groups in total. The van der Waals surface area contributed by atoms with E-state index in [1.165, 1.54) is 5.39 Å². The molecule has 118 valence electrons. The summed E-state index contributed by atoms with van der Waals surface area (Å²) < 4.78 is 5.92. The average molecular weight is 301 g/mol. The molecule has 0 unspecified atom stereocenters. The maximum atomic E-state index is 9.67. The number of benzene rings is 2. The number of aliphatic hydroxyl groups is 2. The second kappa shape index (κ2) is 7.09. The molecule has 3 rings (SSSR count). The van der Waals surface area contributed by atoms with Crippen LogP contribution in [0.3, 0.4) is 0 Å². The van der Waals surface area contributed by atoms with Crippen LogP contribution in [0.1, 0.15) is 12.8 Å². The van der Waals surface area contributed by atoms with Crippen LogP contribution in [0, 0.1) is 0 Å². The number of nitrogens with zero attached hydrogens (tertiary/aromatic N) is 1. The lowest BCUT2D eigenvalue weighted by atomic mass is 10.1. The molecular weight excluding hydrogens is 278 g/mol. The highest BCUT2D eigenvalue weighted by atomic mass is 16.5. The minimum Gasteiger partial charge on any atom is -0.493 e. The lowest BCUT2D eigenvalue weighted by Gasteiger charge is -2.22. The smallest absolute Gasteiger partial charge is 0.127 e. The number of aliphatic hydroxyl groups excluding tert-OH is 2. The van der Waals surface area contributed by atoms with E-state index in [1.54, 1.807) is 0 Å². The van der Waals surface area contributed by atoms with Crippen LogP contribution in [0.4, 0.5) is 0 Å². The molecule has 2 aromatic rings. The van der Waals surface area contributed by atoms with Gasteiger partial charge in [-0.2, -0.15) is 0 Å². The van der Waals surface area contributed by atoms with Crippen molar-refractivity contribution >= 4 is 10.8 Å². The molecule has 0 aromatic heterocycles. The van der Waals surface area contributed by atoms with Gasteiger partial charge >= 0.3 is 0 Å². The fourth-order valence-corrected chi connectivity index (χ4v) is 3.19. The van der Waals surface area contributed by atoms with E-state index in [1.807, 2.05) is 24.3 Å². The predicted molar refractivity (Wildman–Crippen MR) is 87.1 cm³/mol. The summed E-state index contributed by atoms with van der Waals surface area (Å²) in [6.07, 6.45) is 1.24. The number of likely N-dealkylation sites (tertiary alicyclic amines) is 1. The molecule has 1 heterocycles. The molecule has 0 saturated carbocycles. The molecule has 1 aliphatic rings. The zero-order valence-electron chi connectivity index (χ0n) is 12.7. The molecule has 0 bridgehead atoms. The van der Waals surface area contributed by atoms with Gasteiger partial charge < -0.3 is 14.9 Å². The van der Waals surface area contributed by atoms with Crippen molar-refractivity contribution < 1.29 is 14.9 Å². The quantitative estimate of drug-likeness (QED) is 0.802. The Bertz CT molecular complexity index is 611. The second-order valence-electron chi connectivity index (χ2n) is 5.90. The van der Waals surface area contributed by atoms with Gasteiger partial charge in [-0.25, -0.2) is 0 Å². The van der Waals surface area contributed by atoms with Gasteiger partial charge in [0.2, 0.25) is 0 Å². The molecule has 1 saturated heterocycles. The van der Waals surface area contributed by atoms with E-state index in [9.17, 15) is 10.2 Å². The zero-order chi connectivity index (χ0) is 15.4. The monoisotopic (exact) mass is 301 g/mol. The molecule has 22 heavy (non-hydrogen) atoms. The third-order valence-corrected chi connectivity index (χ3v) is 4.31. The Morgan fingerprint density at radius 3 is 2.82 bits per heavy atom. The fourth-order valence-electron chi connectivity index (χ4n) is 3.19. The normalized spacial score (nSPS) is 22.3. The van der Waals surface area contributed by atoms with Crippen LogP contribution >= 0.6 is 0 Å². The van der Waals surface area contributed by atoms with Crippen LogP contribution in [0.5, 0.6) is 5.75 Å². The highest BCUT2D eigenvalue weighted by Gasteiger charge is 2.29. The Labute approximate surface area is 130 Å². The molecule has 4 nitrogen and oxygen atoms in total. The Balaban J connectivity index is 1.52. The van der Waals surface area contributed by atoms with E-state index >= 15 is 0 Å². The van der Waals surface area contributed by atoms with Gasteiger partial charge in [-0.3, -0.25) is 4.90 Å². The van der Waals surface area contributed by atoms with Crippen molar-refractivity contribution in [2.75, 3.05) is 26.3 Å². The van der Waals surface area contributed by atoms with E-state index in [2.05, 4.69) is 23.1 Å². The van der Waals surface area contributed by atoms with Crippen LogP contribution in [-0.4, -0.2) is 53.6 Å². The van der Waals surface area contributed by atoms with Gasteiger partial charge in [0.25, 0.3) is 0 Å². The first-order chi connectivity index (χ1) is 10.8. The Hall–Kier alpha value is -1.62. The summed E-state index contributed by atoms with van der Waals surface area (Å²) >= 11 is 0. The molecule has 0 spiro atoms. The van der Waals surface area contributed by atoms with E-state index in [0.717, 1.165) is 24.1 Å². The Kier molecular flexibility index (Phi) is 4.93. The first-order valence-electron chi connectivity index (χ1n) is 7.91. The third kappa shape index (κ3) is 3.40. The van der Waals surface area contributed by atoms with Crippen LogP contribution < -0.4 is 4.74 Å². The second-order valence-corrected chi connectivity index (χ2v) is 5.90. The summed E-state index contributed by atoms with van der Waals surface area (Å²) in [5.74, 6) is 0.915. The minimum absolute atomic E-state index is 0.0903. The molecule has 4 heteroatoms. The zero-order valence-corrected chi connectivity index (χ0v) is 12.7. The fraction of sp³-hybridized carbons (Fsp3) is 0.444. The largest absolute Gasteiger partial charge is 0.493 e. The minimum atomic E-state index is -0.309. The maximum absolute atomic E-state index is 9.67. The summed E-state index contributed by atoms with van der Waals surface area (Å²) in [6, 6.07) is 14.4. The van der Waals surface area contributed by atoms with Gasteiger partial charge in [-0.05, 0) is 24.3 Å². The standard InChI is InChI=1S/C18H23NO3/c20-13-15-11-16(21)12-19(15)9-4-10-22-18-8-3-6-14-5-1-2-7-17(14)18/h1-3,5-8,15-16,20-21H,4,9-13H2/t15-,16+/m0/s1. The van der Waals surface area contributed by atoms with E-state index < -0.39 is 0 Å². The lowest BCUT2D eigenvalue weighted by molar-refractivity contribution is 0.147. The maximum Gasteiger partial charge on any atom is 0.127 e. The van der Waals surface area contributed by atoms with Gasteiger partial charge in [0.15, 0.2) is 0 Å². The molecule has 0 radical (unpaired) electrons. The van der Waals surface area contributed by atoms with Crippen molar-refractivity contribution in [3.05, 3.63) is 42.5 Å². The van der Waals surface area contributed by atoms with Crippen LogP contribution in [0.15, 0.2) is 42.5 Å². The van der Waals surface area contributed by atoms with Gasteiger partial charge in [0.05, 0.1) is 19.3 Å². The molecule has 1 aliphatic heterocycles. The Morgan fingerprint density at radius 2 is 1.95 bits per heavy atom. The third-order valence-electron chi connectivity index (χ3n) is 4.31. The molecular formula is C18H23NO3. The van der Waals surface area contributed by atoms with E-state index in [-0.39, 0.29) is 18.8 Å². The van der Waals surface area contributed by atoms with Gasteiger partial charge in [-0.1, -0.05) is 36.4 Å². The average Bonchev–Trinajstić information content (AvgIpc) is 2.91. The lowest BCUT2D eigenvalue weighted by Crippen LogP contribution is -2.33. The van der Waals surface area contributed by atoms with Crippen molar-refractivity contribution in [3.63, 3.8) is 0 Å². The van der Waals surface area contributed by atoms with E-state index in [0.29, 0.717) is 19.6 Å². The SMILES string of the molecule is OC[C@@H]1C[C@@H](O)CN1CCCOc1cccc2ccccc12. The predicted octanol–water partition coefficient (Wildman–Crippen LogP) is 2.04. The van der Waals surface area contributed by atoms with E-state index in [4.69, 9.17) is 4.74 Å². The number of β-amino-alcohol motifs (C(OH)–C–C–N with tert-alkyl or cyclic N) is 1. The van der Waals surface area contributed by atoms with Crippen molar-refractivity contribution in [2.24, 2.45) is 0 Å². The highest BCUT2D eigenvalue weighted by molar-refractivity contribution is 5.88. The van der Waals surface area contributed by atoms with Crippen molar-refractivity contribution in [1.29, 1.82) is 0 Å². The molecule has 2 aromatic carbocycles. The molecule has 0 amide bonds. The number of rotatable bonds is 6. The van der Waals surface area contributed by atoms with Crippen LogP contribution in [0.25, 0.3) is 10.8 Å². The summed E-state index contributed by atoms with van der Waals surface area (Å²) in [4.78, 5) is 2.15. The van der Waals surface area contributed by atoms with Crippen molar-refractivity contribution in [2.45, 2.75) is 25.0 Å². The number of hydrogen-bond donors (Lipinski definition) is 2. The summed E-state index contributed by atoms with van der Waals surface area (Å²) in [6.45, 7) is 2.24.